The van der Waals surface area contributed by atoms with Gasteiger partial charge in [-0.05, 0) is 56.0 Å². The molecule has 10 nitrogen and oxygen atoms in total. The van der Waals surface area contributed by atoms with Gasteiger partial charge in [-0.1, -0.05) is 94.8 Å². The number of hydrogen-bond acceptors (Lipinski definition) is 9. The zero-order chi connectivity index (χ0) is 35.2. The third kappa shape index (κ3) is 14.1. The first kappa shape index (κ1) is 42.3. The second-order valence-electron chi connectivity index (χ2n) is 11.2. The molecule has 0 unspecified atom stereocenters. The van der Waals surface area contributed by atoms with Crippen LogP contribution >= 0.6 is 0 Å². The van der Waals surface area contributed by atoms with Gasteiger partial charge in [0.15, 0.2) is 0 Å². The first-order valence-electron chi connectivity index (χ1n) is 15.9. The monoisotopic (exact) mass is 738 g/mol. The molecule has 4 aromatic carbocycles. The van der Waals surface area contributed by atoms with E-state index in [9.17, 15) is 36.2 Å². The maximum absolute atomic E-state index is 11.8. The normalized spacial score (nSPS) is 11.2. The summed E-state index contributed by atoms with van der Waals surface area (Å²) in [6.07, 6.45) is 8.35. The Labute approximate surface area is 319 Å². The molecule has 0 fully saturated rings. The summed E-state index contributed by atoms with van der Waals surface area (Å²) in [5.41, 5.74) is 0.666. The molecule has 2 N–H and O–H groups in total. The molecule has 0 atom stereocenters. The molecule has 4 rings (SSSR count). The Morgan fingerprint density at radius 2 is 1.08 bits per heavy atom. The molecular weight excluding hydrogens is 697 g/mol. The maximum atomic E-state index is 11.8. The molecule has 260 valence electrons. The number of phenolic OH excluding ortho intramolecular Hbond substituents is 1. The molecule has 0 aliphatic rings. The minimum atomic E-state index is -4.74. The summed E-state index contributed by atoms with van der Waals surface area (Å²) in [6.45, 7) is 4.16. The molecule has 0 aliphatic carbocycles. The van der Waals surface area contributed by atoms with E-state index >= 15 is 0 Å². The number of rotatable bonds is 16. The summed E-state index contributed by atoms with van der Waals surface area (Å²) >= 11 is 0. The molecule has 0 amide bonds. The third-order valence-corrected chi connectivity index (χ3v) is 9.17. The fourth-order valence-corrected chi connectivity index (χ4v) is 6.57. The van der Waals surface area contributed by atoms with Crippen LogP contribution in [0.1, 0.15) is 76.3 Å². The third-order valence-electron chi connectivity index (χ3n) is 7.34. The predicted molar refractivity (Wildman–Crippen MR) is 186 cm³/mol. The average molecular weight is 739 g/mol. The second kappa shape index (κ2) is 20.7. The molecule has 0 saturated carbocycles. The zero-order valence-corrected chi connectivity index (χ0v) is 31.7. The van der Waals surface area contributed by atoms with Crippen LogP contribution in [0.4, 0.5) is 0 Å². The van der Waals surface area contributed by atoms with Crippen molar-refractivity contribution in [3.05, 3.63) is 96.1 Å². The van der Waals surface area contributed by atoms with Crippen LogP contribution < -0.4 is 14.6 Å². The van der Waals surface area contributed by atoms with E-state index in [0.29, 0.717) is 29.9 Å². The number of benzene rings is 4. The quantitative estimate of drug-likeness (QED) is 0.0657. The average Bonchev–Trinajstić information content (AvgIpc) is 3.03. The molecular formula is C36H42CaO10S2. The summed E-state index contributed by atoms with van der Waals surface area (Å²) in [4.78, 5) is -0.776. The van der Waals surface area contributed by atoms with Crippen LogP contribution in [-0.2, 0) is 33.1 Å². The number of para-hydroxylation sites is 2. The van der Waals surface area contributed by atoms with E-state index in [0.717, 1.165) is 63.5 Å². The standard InChI is InChI=1S/2C18H22O5S.Ca/c2*1-2-3-4-8-11-16-17(23-15-9-6-5-7-10-15)12-14(19)13-18(16)24(20,21)22;/h2*5-7,9-10,12-13,19H,2-4,8,11H2,1H3,(H,20,21,22);/q;;+2/p-2. The number of ether oxygens (including phenoxy) is 2. The minimum Gasteiger partial charge on any atom is -0.872 e. The van der Waals surface area contributed by atoms with Crippen LogP contribution in [0, 0.1) is 0 Å². The molecule has 0 aliphatic heterocycles. The second-order valence-corrected chi connectivity index (χ2v) is 13.9. The minimum absolute atomic E-state index is 0. The van der Waals surface area contributed by atoms with Gasteiger partial charge in [0, 0.05) is 23.3 Å². The fourth-order valence-electron chi connectivity index (χ4n) is 5.02. The molecule has 0 saturated heterocycles. The Morgan fingerprint density at radius 1 is 0.633 bits per heavy atom. The first-order chi connectivity index (χ1) is 22.8. The van der Waals surface area contributed by atoms with Gasteiger partial charge in [0.05, 0.1) is 4.90 Å². The fraction of sp³-hybridized carbons (Fsp3) is 0.333. The van der Waals surface area contributed by atoms with Crippen molar-refractivity contribution < 1.29 is 45.6 Å². The van der Waals surface area contributed by atoms with E-state index in [1.807, 2.05) is 12.1 Å². The number of unbranched alkanes of at least 4 members (excludes halogenated alkanes) is 6. The van der Waals surface area contributed by atoms with Gasteiger partial charge in [-0.15, -0.1) is 5.75 Å². The van der Waals surface area contributed by atoms with Crippen LogP contribution in [0.25, 0.3) is 0 Å². The van der Waals surface area contributed by atoms with Gasteiger partial charge in [-0.25, -0.2) is 8.42 Å². The van der Waals surface area contributed by atoms with E-state index in [-0.39, 0.29) is 65.4 Å². The summed E-state index contributed by atoms with van der Waals surface area (Å²) in [5.74, 6) is 0.551. The van der Waals surface area contributed by atoms with Crippen LogP contribution in [0.5, 0.6) is 34.5 Å². The first-order valence-corrected chi connectivity index (χ1v) is 18.8. The molecule has 0 aromatic heterocycles. The van der Waals surface area contributed by atoms with E-state index < -0.39 is 30.9 Å². The van der Waals surface area contributed by atoms with Gasteiger partial charge in [-0.2, -0.15) is 8.42 Å². The maximum Gasteiger partial charge on any atom is 2.00 e. The van der Waals surface area contributed by atoms with E-state index in [1.54, 1.807) is 48.5 Å². The molecule has 4 aromatic rings. The Hall–Kier alpha value is -2.84. The molecule has 0 radical (unpaired) electrons. The van der Waals surface area contributed by atoms with Crippen LogP contribution in [0.3, 0.4) is 0 Å². The number of hydrogen-bond donors (Lipinski definition) is 2. The van der Waals surface area contributed by atoms with Gasteiger partial charge in [0.25, 0.3) is 10.1 Å². The topological polar surface area (TPSA) is 173 Å². The Morgan fingerprint density at radius 3 is 1.51 bits per heavy atom. The van der Waals surface area contributed by atoms with E-state index in [1.165, 1.54) is 12.1 Å². The van der Waals surface area contributed by atoms with Crippen LogP contribution in [0.15, 0.2) is 94.7 Å². The molecule has 0 spiro atoms. The summed E-state index contributed by atoms with van der Waals surface area (Å²) in [5, 5.41) is 21.6. The molecule has 13 heteroatoms. The predicted octanol–water partition coefficient (Wildman–Crippen LogP) is 7.75. The summed E-state index contributed by atoms with van der Waals surface area (Å²) in [7, 11) is -9.20. The van der Waals surface area contributed by atoms with Gasteiger partial charge < -0.3 is 24.2 Å². The van der Waals surface area contributed by atoms with Crippen molar-refractivity contribution in [3.8, 4) is 34.5 Å². The van der Waals surface area contributed by atoms with Crippen molar-refractivity contribution >= 4 is 58.0 Å². The Balaban J connectivity index is 0.000000333. The van der Waals surface area contributed by atoms with E-state index in [2.05, 4.69) is 13.8 Å². The number of phenols is 1. The van der Waals surface area contributed by atoms with Crippen molar-refractivity contribution in [2.45, 2.75) is 87.8 Å². The largest absolute Gasteiger partial charge is 2.00 e. The van der Waals surface area contributed by atoms with Crippen molar-refractivity contribution in [1.29, 1.82) is 0 Å². The zero-order valence-electron chi connectivity index (χ0n) is 27.8. The van der Waals surface area contributed by atoms with Crippen molar-refractivity contribution in [1.82, 2.24) is 0 Å². The molecule has 0 heterocycles. The van der Waals surface area contributed by atoms with Crippen molar-refractivity contribution in [2.24, 2.45) is 0 Å². The van der Waals surface area contributed by atoms with Gasteiger partial charge >= 0.3 is 37.7 Å². The SMILES string of the molecule is CCCCCCc1c(Oc2ccccc2)cc(O)cc1S(=O)(=O)O.CCCCCCc1c(Oc2ccccc2)cc([O-])cc1S(=O)(=O)[O-].[Ca+2]. The molecule has 49 heavy (non-hydrogen) atoms. The van der Waals surface area contributed by atoms with Gasteiger partial charge in [0.2, 0.25) is 0 Å². The van der Waals surface area contributed by atoms with E-state index in [4.69, 9.17) is 9.47 Å². The Bertz CT molecular complexity index is 1680. The number of aromatic hydroxyl groups is 1. The van der Waals surface area contributed by atoms with Gasteiger partial charge in [-0.3, -0.25) is 4.55 Å². The molecule has 0 bridgehead atoms. The smallest absolute Gasteiger partial charge is 0.872 e. The van der Waals surface area contributed by atoms with Gasteiger partial charge in [0.1, 0.15) is 43.8 Å². The van der Waals surface area contributed by atoms with Crippen LogP contribution in [0.2, 0.25) is 0 Å². The summed E-state index contributed by atoms with van der Waals surface area (Å²) in [6, 6.07) is 22.2. The summed E-state index contributed by atoms with van der Waals surface area (Å²) < 4.78 is 78.9. The van der Waals surface area contributed by atoms with Crippen molar-refractivity contribution in [3.63, 3.8) is 0 Å². The Kier molecular flexibility index (Phi) is 17.9. The van der Waals surface area contributed by atoms with Crippen LogP contribution in [-0.4, -0.2) is 68.8 Å². The van der Waals surface area contributed by atoms with Crippen molar-refractivity contribution in [2.75, 3.05) is 0 Å².